The summed E-state index contributed by atoms with van der Waals surface area (Å²) in [5.41, 5.74) is 3.57. The van der Waals surface area contributed by atoms with Crippen LogP contribution < -0.4 is 10.7 Å². The summed E-state index contributed by atoms with van der Waals surface area (Å²) < 4.78 is 6.97. The molecule has 0 radical (unpaired) electrons. The fraction of sp³-hybridized carbons (Fsp3) is 0.136. The summed E-state index contributed by atoms with van der Waals surface area (Å²) in [4.78, 5) is 29.6. The Kier molecular flexibility index (Phi) is 4.73. The maximum Gasteiger partial charge on any atom is 0.230 e. The highest BCUT2D eigenvalue weighted by molar-refractivity contribution is 9.10. The van der Waals surface area contributed by atoms with Crippen LogP contribution in [-0.2, 0) is 11.2 Å². The van der Waals surface area contributed by atoms with Crippen LogP contribution in [0.25, 0.3) is 21.9 Å². The highest BCUT2D eigenvalue weighted by Gasteiger charge is 2.15. The Bertz CT molecular complexity index is 1280. The number of pyridine rings is 1. The molecule has 0 atom stereocenters. The Morgan fingerprint density at radius 3 is 2.61 bits per heavy atom. The van der Waals surface area contributed by atoms with Gasteiger partial charge in [-0.3, -0.25) is 9.59 Å². The number of aromatic nitrogens is 1. The van der Waals surface area contributed by atoms with Gasteiger partial charge in [0.15, 0.2) is 0 Å². The zero-order valence-corrected chi connectivity index (χ0v) is 17.0. The Morgan fingerprint density at radius 2 is 1.86 bits per heavy atom. The van der Waals surface area contributed by atoms with Crippen molar-refractivity contribution in [2.45, 2.75) is 20.3 Å². The predicted molar refractivity (Wildman–Crippen MR) is 114 cm³/mol. The molecule has 0 spiro atoms. The second-order valence-corrected chi connectivity index (χ2v) is 7.61. The van der Waals surface area contributed by atoms with Crippen molar-refractivity contribution in [2.24, 2.45) is 0 Å². The maximum atomic E-state index is 12.9. The first-order valence-corrected chi connectivity index (χ1v) is 9.59. The third-order valence-electron chi connectivity index (χ3n) is 4.81. The lowest BCUT2D eigenvalue weighted by atomic mass is 10.0. The van der Waals surface area contributed by atoms with E-state index in [1.54, 1.807) is 42.6 Å². The van der Waals surface area contributed by atoms with E-state index < -0.39 is 0 Å². The average molecular weight is 437 g/mol. The van der Waals surface area contributed by atoms with Gasteiger partial charge in [0.05, 0.1) is 17.2 Å². The minimum atomic E-state index is -0.231. The van der Waals surface area contributed by atoms with Crippen LogP contribution in [0.15, 0.2) is 62.3 Å². The van der Waals surface area contributed by atoms with Crippen LogP contribution in [0.5, 0.6) is 0 Å². The van der Waals surface area contributed by atoms with Gasteiger partial charge in [-0.1, -0.05) is 18.2 Å². The smallest absolute Gasteiger partial charge is 0.230 e. The SMILES string of the molecule is Cc1ccc2c(=O)c3cccc(CC(=O)Nc4ccc(Br)cn4)c3oc2c1C. The molecule has 1 N–H and O–H groups in total. The van der Waals surface area contributed by atoms with Crippen molar-refractivity contribution < 1.29 is 9.21 Å². The molecule has 0 aliphatic rings. The molecule has 0 unspecified atom stereocenters. The maximum absolute atomic E-state index is 12.9. The van der Waals surface area contributed by atoms with Crippen LogP contribution in [0, 0.1) is 13.8 Å². The standard InChI is InChI=1S/C22H17BrN2O3/c1-12-6-8-17-20(27)16-5-3-4-14(22(16)28-21(17)13(12)2)10-19(26)25-18-9-7-15(23)11-24-18/h3-9,11H,10H2,1-2H3,(H,24,25,26). The van der Waals surface area contributed by atoms with Gasteiger partial charge in [-0.2, -0.15) is 0 Å². The molecule has 0 saturated heterocycles. The molecule has 4 aromatic rings. The Hall–Kier alpha value is -2.99. The predicted octanol–water partition coefficient (Wildman–Crippen LogP) is 4.90. The van der Waals surface area contributed by atoms with E-state index >= 15 is 0 Å². The zero-order valence-electron chi connectivity index (χ0n) is 15.4. The molecular weight excluding hydrogens is 420 g/mol. The Balaban J connectivity index is 1.76. The first-order chi connectivity index (χ1) is 13.4. The van der Waals surface area contributed by atoms with E-state index in [9.17, 15) is 9.59 Å². The van der Waals surface area contributed by atoms with Crippen molar-refractivity contribution in [3.63, 3.8) is 0 Å². The van der Waals surface area contributed by atoms with E-state index in [1.165, 1.54) is 0 Å². The molecular formula is C22H17BrN2O3. The number of hydrogen-bond acceptors (Lipinski definition) is 4. The molecule has 0 bridgehead atoms. The molecule has 1 amide bonds. The van der Waals surface area contributed by atoms with Gasteiger partial charge in [-0.05, 0) is 65.2 Å². The van der Waals surface area contributed by atoms with E-state index in [2.05, 4.69) is 26.2 Å². The molecule has 0 aliphatic carbocycles. The summed E-state index contributed by atoms with van der Waals surface area (Å²) in [6.45, 7) is 3.91. The molecule has 6 heteroatoms. The number of carbonyl (C=O) groups excluding carboxylic acids is 1. The highest BCUT2D eigenvalue weighted by atomic mass is 79.9. The molecule has 140 valence electrons. The fourth-order valence-corrected chi connectivity index (χ4v) is 3.42. The van der Waals surface area contributed by atoms with E-state index in [0.29, 0.717) is 33.3 Å². The first-order valence-electron chi connectivity index (χ1n) is 8.80. The van der Waals surface area contributed by atoms with Gasteiger partial charge in [-0.15, -0.1) is 0 Å². The van der Waals surface area contributed by atoms with E-state index in [-0.39, 0.29) is 17.8 Å². The largest absolute Gasteiger partial charge is 0.455 e. The normalized spacial score (nSPS) is 11.1. The van der Waals surface area contributed by atoms with Gasteiger partial charge < -0.3 is 9.73 Å². The number of halogens is 1. The third kappa shape index (κ3) is 3.31. The van der Waals surface area contributed by atoms with E-state index in [1.807, 2.05) is 19.9 Å². The molecule has 2 heterocycles. The van der Waals surface area contributed by atoms with Crippen molar-refractivity contribution in [2.75, 3.05) is 5.32 Å². The summed E-state index contributed by atoms with van der Waals surface area (Å²) >= 11 is 3.31. The van der Waals surface area contributed by atoms with Crippen molar-refractivity contribution >= 4 is 49.6 Å². The summed E-state index contributed by atoms with van der Waals surface area (Å²) in [7, 11) is 0. The minimum Gasteiger partial charge on any atom is -0.455 e. The number of benzene rings is 2. The Labute approximate surface area is 169 Å². The van der Waals surface area contributed by atoms with Crippen molar-refractivity contribution in [1.29, 1.82) is 0 Å². The quantitative estimate of drug-likeness (QED) is 0.463. The number of fused-ring (bicyclic) bond motifs is 2. The number of carbonyl (C=O) groups is 1. The lowest BCUT2D eigenvalue weighted by molar-refractivity contribution is -0.115. The van der Waals surface area contributed by atoms with Crippen molar-refractivity contribution in [3.8, 4) is 0 Å². The van der Waals surface area contributed by atoms with Crippen LogP contribution in [0.1, 0.15) is 16.7 Å². The first kappa shape index (κ1) is 18.4. The summed E-state index contributed by atoms with van der Waals surface area (Å²) in [5.74, 6) is 0.234. The summed E-state index contributed by atoms with van der Waals surface area (Å²) in [6, 6.07) is 12.5. The molecule has 5 nitrogen and oxygen atoms in total. The molecule has 0 fully saturated rings. The molecule has 0 saturated carbocycles. The number of nitrogens with zero attached hydrogens (tertiary/aromatic N) is 1. The van der Waals surface area contributed by atoms with Gasteiger partial charge in [0.2, 0.25) is 11.3 Å². The minimum absolute atomic E-state index is 0.0778. The van der Waals surface area contributed by atoms with Crippen molar-refractivity contribution in [3.05, 3.63) is 80.0 Å². The van der Waals surface area contributed by atoms with E-state index in [0.717, 1.165) is 15.6 Å². The number of amides is 1. The van der Waals surface area contributed by atoms with Crippen LogP contribution in [0.4, 0.5) is 5.82 Å². The zero-order chi connectivity index (χ0) is 19.8. The van der Waals surface area contributed by atoms with Crippen LogP contribution in [-0.4, -0.2) is 10.9 Å². The van der Waals surface area contributed by atoms with Gasteiger partial charge >= 0.3 is 0 Å². The van der Waals surface area contributed by atoms with Gasteiger partial charge in [-0.25, -0.2) is 4.98 Å². The van der Waals surface area contributed by atoms with Gasteiger partial charge in [0.25, 0.3) is 0 Å². The monoisotopic (exact) mass is 436 g/mol. The van der Waals surface area contributed by atoms with Gasteiger partial charge in [0.1, 0.15) is 17.0 Å². The van der Waals surface area contributed by atoms with Crippen LogP contribution in [0.3, 0.4) is 0 Å². The highest BCUT2D eigenvalue weighted by Crippen LogP contribution is 2.26. The Morgan fingerprint density at radius 1 is 1.07 bits per heavy atom. The molecule has 0 aliphatic heterocycles. The molecule has 2 aromatic heterocycles. The number of aryl methyl sites for hydroxylation is 2. The number of hydrogen-bond donors (Lipinski definition) is 1. The van der Waals surface area contributed by atoms with Crippen LogP contribution >= 0.6 is 15.9 Å². The lowest BCUT2D eigenvalue weighted by Crippen LogP contribution is -2.16. The topological polar surface area (TPSA) is 72.2 Å². The molecule has 4 rings (SSSR count). The third-order valence-corrected chi connectivity index (χ3v) is 5.28. The number of para-hydroxylation sites is 1. The molecule has 2 aromatic carbocycles. The summed E-state index contributed by atoms with van der Waals surface area (Å²) in [6.07, 6.45) is 1.69. The second-order valence-electron chi connectivity index (χ2n) is 6.70. The number of anilines is 1. The number of rotatable bonds is 3. The molecule has 28 heavy (non-hydrogen) atoms. The average Bonchev–Trinajstić information content (AvgIpc) is 2.68. The summed E-state index contributed by atoms with van der Waals surface area (Å²) in [5, 5.41) is 3.79. The second kappa shape index (κ2) is 7.20. The van der Waals surface area contributed by atoms with Gasteiger partial charge in [0, 0.05) is 16.2 Å². The van der Waals surface area contributed by atoms with E-state index in [4.69, 9.17) is 4.42 Å². The van der Waals surface area contributed by atoms with Crippen molar-refractivity contribution in [1.82, 2.24) is 4.98 Å². The van der Waals surface area contributed by atoms with Crippen LogP contribution in [0.2, 0.25) is 0 Å². The fourth-order valence-electron chi connectivity index (χ4n) is 3.18. The lowest BCUT2D eigenvalue weighted by Gasteiger charge is -2.10. The number of nitrogens with one attached hydrogen (secondary N) is 1.